The van der Waals surface area contributed by atoms with Gasteiger partial charge in [-0.25, -0.2) is 5.01 Å². The largest absolute Gasteiger partial charge is 0.493 e. The first-order valence-electron chi connectivity index (χ1n) is 12.0. The number of ether oxygens (including phenoxy) is 2. The standard InChI is InChI=1S/C27H33N3O5/c1-4-16-34-23-15-14-20(25(19(23)3)35-17-10-9-13-24(31)28-5-2)18-22-26(32)29-30(27(22)33)21-11-7-6-8-12-21/h6-8,11-12,14-15,18H,4-5,9-10,13,16-17H2,1-3H3,(H,28,31)(H,29,32)/b22-18+. The molecule has 0 spiro atoms. The predicted octanol–water partition coefficient (Wildman–Crippen LogP) is 3.93. The molecule has 1 saturated heterocycles. The molecule has 1 fully saturated rings. The van der Waals surface area contributed by atoms with E-state index >= 15 is 0 Å². The molecule has 1 aliphatic rings. The Bertz CT molecular complexity index is 1080. The van der Waals surface area contributed by atoms with Crippen LogP contribution in [0.3, 0.4) is 0 Å². The Kier molecular flexibility index (Phi) is 9.29. The topological polar surface area (TPSA) is 97.0 Å². The Morgan fingerprint density at radius 3 is 2.51 bits per heavy atom. The molecular formula is C27H33N3O5. The molecule has 0 bridgehead atoms. The minimum Gasteiger partial charge on any atom is -0.493 e. The number of hydrazine groups is 1. The number of nitrogens with zero attached hydrogens (tertiary/aromatic N) is 1. The highest BCUT2D eigenvalue weighted by molar-refractivity contribution is 6.31. The smallest absolute Gasteiger partial charge is 0.282 e. The van der Waals surface area contributed by atoms with Gasteiger partial charge in [-0.3, -0.25) is 19.8 Å². The predicted molar refractivity (Wildman–Crippen MR) is 135 cm³/mol. The van der Waals surface area contributed by atoms with Crippen LogP contribution in [-0.2, 0) is 14.4 Å². The quantitative estimate of drug-likeness (QED) is 0.273. The van der Waals surface area contributed by atoms with Gasteiger partial charge in [-0.05, 0) is 63.5 Å². The minimum absolute atomic E-state index is 0.0246. The molecule has 1 heterocycles. The summed E-state index contributed by atoms with van der Waals surface area (Å²) in [6.07, 6.45) is 4.25. The van der Waals surface area contributed by atoms with Gasteiger partial charge in [0.1, 0.15) is 17.1 Å². The zero-order valence-corrected chi connectivity index (χ0v) is 20.6. The number of benzene rings is 2. The van der Waals surface area contributed by atoms with Gasteiger partial charge >= 0.3 is 0 Å². The van der Waals surface area contributed by atoms with E-state index in [2.05, 4.69) is 10.7 Å². The SMILES string of the molecule is CCCOc1ccc(/C=C2\C(=O)NN(c3ccccc3)C2=O)c(OCCCCC(=O)NCC)c1C. The maximum absolute atomic E-state index is 13.0. The number of hydrogen-bond acceptors (Lipinski definition) is 5. The van der Waals surface area contributed by atoms with E-state index < -0.39 is 11.8 Å². The molecular weight excluding hydrogens is 446 g/mol. The first-order valence-corrected chi connectivity index (χ1v) is 12.0. The van der Waals surface area contributed by atoms with Crippen LogP contribution in [0.15, 0.2) is 48.0 Å². The molecule has 2 N–H and O–H groups in total. The Balaban J connectivity index is 1.81. The van der Waals surface area contributed by atoms with Gasteiger partial charge in [0.15, 0.2) is 0 Å². The Hall–Kier alpha value is -3.81. The van der Waals surface area contributed by atoms with Crippen LogP contribution in [0.1, 0.15) is 50.7 Å². The molecule has 2 aromatic carbocycles. The summed E-state index contributed by atoms with van der Waals surface area (Å²) in [5.41, 5.74) is 4.63. The van der Waals surface area contributed by atoms with Crippen molar-refractivity contribution < 1.29 is 23.9 Å². The summed E-state index contributed by atoms with van der Waals surface area (Å²) in [6, 6.07) is 12.6. The van der Waals surface area contributed by atoms with E-state index in [1.807, 2.05) is 32.9 Å². The number of carbonyl (C=O) groups is 3. The number of amides is 3. The molecule has 0 aliphatic carbocycles. The van der Waals surface area contributed by atoms with E-state index in [1.165, 1.54) is 5.01 Å². The fourth-order valence-corrected chi connectivity index (χ4v) is 3.69. The summed E-state index contributed by atoms with van der Waals surface area (Å²) in [4.78, 5) is 37.3. The van der Waals surface area contributed by atoms with E-state index in [4.69, 9.17) is 9.47 Å². The average Bonchev–Trinajstić information content (AvgIpc) is 3.14. The normalized spacial score (nSPS) is 14.3. The molecule has 0 radical (unpaired) electrons. The van der Waals surface area contributed by atoms with Crippen molar-refractivity contribution >= 4 is 29.5 Å². The molecule has 0 aromatic heterocycles. The second kappa shape index (κ2) is 12.6. The molecule has 2 aromatic rings. The summed E-state index contributed by atoms with van der Waals surface area (Å²) in [5, 5.41) is 4.02. The van der Waals surface area contributed by atoms with Crippen LogP contribution in [0.25, 0.3) is 6.08 Å². The van der Waals surface area contributed by atoms with Gasteiger partial charge in [-0.1, -0.05) is 25.1 Å². The number of anilines is 1. The lowest BCUT2D eigenvalue weighted by atomic mass is 10.0. The molecule has 35 heavy (non-hydrogen) atoms. The summed E-state index contributed by atoms with van der Waals surface area (Å²) >= 11 is 0. The molecule has 0 saturated carbocycles. The maximum atomic E-state index is 13.0. The number of rotatable bonds is 12. The fraction of sp³-hybridized carbons (Fsp3) is 0.370. The van der Waals surface area contributed by atoms with E-state index in [-0.39, 0.29) is 11.5 Å². The van der Waals surface area contributed by atoms with Crippen molar-refractivity contribution in [2.24, 2.45) is 0 Å². The second-order valence-corrected chi connectivity index (χ2v) is 8.19. The van der Waals surface area contributed by atoms with Gasteiger partial charge in [0.05, 0.1) is 18.9 Å². The summed E-state index contributed by atoms with van der Waals surface area (Å²) in [5.74, 6) is 0.369. The minimum atomic E-state index is -0.476. The number of hydrogen-bond donors (Lipinski definition) is 2. The van der Waals surface area contributed by atoms with Crippen molar-refractivity contribution in [3.63, 3.8) is 0 Å². The zero-order valence-electron chi connectivity index (χ0n) is 20.6. The third kappa shape index (κ3) is 6.62. The molecule has 3 rings (SSSR count). The lowest BCUT2D eigenvalue weighted by Gasteiger charge is -2.16. The number of nitrogens with one attached hydrogen (secondary N) is 2. The Morgan fingerprint density at radius 2 is 1.80 bits per heavy atom. The Morgan fingerprint density at radius 1 is 1.03 bits per heavy atom. The summed E-state index contributed by atoms with van der Waals surface area (Å²) in [7, 11) is 0. The van der Waals surface area contributed by atoms with Crippen molar-refractivity contribution in [1.29, 1.82) is 0 Å². The summed E-state index contributed by atoms with van der Waals surface area (Å²) in [6.45, 7) is 7.39. The van der Waals surface area contributed by atoms with E-state index in [1.54, 1.807) is 36.4 Å². The highest BCUT2D eigenvalue weighted by Crippen LogP contribution is 2.34. The van der Waals surface area contributed by atoms with Crippen LogP contribution < -0.4 is 25.2 Å². The van der Waals surface area contributed by atoms with Crippen molar-refractivity contribution in [3.8, 4) is 11.5 Å². The molecule has 8 heteroatoms. The first kappa shape index (κ1) is 25.8. The monoisotopic (exact) mass is 479 g/mol. The maximum Gasteiger partial charge on any atom is 0.282 e. The van der Waals surface area contributed by atoms with Crippen LogP contribution in [0.5, 0.6) is 11.5 Å². The number of unbranched alkanes of at least 4 members (excludes halogenated alkanes) is 1. The lowest BCUT2D eigenvalue weighted by molar-refractivity contribution is -0.121. The van der Waals surface area contributed by atoms with Crippen LogP contribution in [0.2, 0.25) is 0 Å². The average molecular weight is 480 g/mol. The van der Waals surface area contributed by atoms with Gasteiger partial charge in [-0.2, -0.15) is 0 Å². The molecule has 186 valence electrons. The second-order valence-electron chi connectivity index (χ2n) is 8.19. The van der Waals surface area contributed by atoms with Gasteiger partial charge < -0.3 is 14.8 Å². The van der Waals surface area contributed by atoms with Gasteiger partial charge in [0.25, 0.3) is 11.8 Å². The third-order valence-corrected chi connectivity index (χ3v) is 5.47. The van der Waals surface area contributed by atoms with Crippen LogP contribution in [0.4, 0.5) is 5.69 Å². The van der Waals surface area contributed by atoms with Crippen molar-refractivity contribution in [3.05, 3.63) is 59.2 Å². The zero-order chi connectivity index (χ0) is 25.2. The van der Waals surface area contributed by atoms with Crippen LogP contribution in [0, 0.1) is 6.92 Å². The van der Waals surface area contributed by atoms with Crippen molar-refractivity contribution in [1.82, 2.24) is 10.7 Å². The third-order valence-electron chi connectivity index (χ3n) is 5.47. The van der Waals surface area contributed by atoms with Gasteiger partial charge in [-0.15, -0.1) is 0 Å². The van der Waals surface area contributed by atoms with E-state index in [0.29, 0.717) is 61.8 Å². The fourth-order valence-electron chi connectivity index (χ4n) is 3.69. The van der Waals surface area contributed by atoms with Crippen molar-refractivity contribution in [2.45, 2.75) is 46.5 Å². The first-order chi connectivity index (χ1) is 17.0. The molecule has 0 unspecified atom stereocenters. The molecule has 3 amide bonds. The van der Waals surface area contributed by atoms with E-state index in [0.717, 1.165) is 12.0 Å². The lowest BCUT2D eigenvalue weighted by Crippen LogP contribution is -2.35. The van der Waals surface area contributed by atoms with Gasteiger partial charge in [0, 0.05) is 24.1 Å². The molecule has 8 nitrogen and oxygen atoms in total. The highest BCUT2D eigenvalue weighted by atomic mass is 16.5. The van der Waals surface area contributed by atoms with Gasteiger partial charge in [0.2, 0.25) is 5.91 Å². The van der Waals surface area contributed by atoms with Crippen molar-refractivity contribution in [2.75, 3.05) is 24.8 Å². The highest BCUT2D eigenvalue weighted by Gasteiger charge is 2.34. The summed E-state index contributed by atoms with van der Waals surface area (Å²) < 4.78 is 12.0. The van der Waals surface area contributed by atoms with Crippen LogP contribution >= 0.6 is 0 Å². The number of carbonyl (C=O) groups excluding carboxylic acids is 3. The number of para-hydroxylation sites is 1. The Labute approximate surface area is 206 Å². The van der Waals surface area contributed by atoms with Crippen LogP contribution in [-0.4, -0.2) is 37.5 Å². The van der Waals surface area contributed by atoms with E-state index in [9.17, 15) is 14.4 Å². The molecule has 1 aliphatic heterocycles. The molecule has 0 atom stereocenters.